The number of hydrogen-bond donors (Lipinski definition) is 2. The Balaban J connectivity index is 1.61. The lowest BCUT2D eigenvalue weighted by atomic mass is 9.99. The Morgan fingerprint density at radius 1 is 1.24 bits per heavy atom. The summed E-state index contributed by atoms with van der Waals surface area (Å²) in [5.41, 5.74) is 1.66. The molecule has 29 heavy (non-hydrogen) atoms. The van der Waals surface area contributed by atoms with E-state index in [1.165, 1.54) is 6.07 Å². The number of benzene rings is 2. The monoisotopic (exact) mass is 405 g/mol. The summed E-state index contributed by atoms with van der Waals surface area (Å²) >= 11 is 0. The highest BCUT2D eigenvalue weighted by atomic mass is 19.4. The van der Waals surface area contributed by atoms with Crippen molar-refractivity contribution in [1.82, 2.24) is 4.98 Å². The molecule has 0 bridgehead atoms. The summed E-state index contributed by atoms with van der Waals surface area (Å²) in [7, 11) is 0. The number of hydrogen-bond acceptors (Lipinski definition) is 4. The molecule has 0 saturated carbocycles. The number of rotatable bonds is 4. The van der Waals surface area contributed by atoms with Crippen LogP contribution in [0.25, 0.3) is 0 Å². The van der Waals surface area contributed by atoms with Crippen molar-refractivity contribution in [2.45, 2.75) is 38.3 Å². The molecular weight excluding hydrogens is 387 g/mol. The average Bonchev–Trinajstić information content (AvgIpc) is 3.22. The second kappa shape index (κ2) is 7.02. The molecule has 8 heteroatoms. The zero-order chi connectivity index (χ0) is 20.8. The summed E-state index contributed by atoms with van der Waals surface area (Å²) in [5, 5.41) is 9.85. The Hall–Kier alpha value is -3.16. The van der Waals surface area contributed by atoms with Gasteiger partial charge in [0.1, 0.15) is 11.5 Å². The molecule has 152 valence electrons. The molecule has 3 aromatic rings. The maximum Gasteiger partial charge on any atom is 0.419 e. The fourth-order valence-corrected chi connectivity index (χ4v) is 3.76. The molecule has 0 amide bonds. The molecule has 0 unspecified atom stereocenters. The van der Waals surface area contributed by atoms with Crippen molar-refractivity contribution >= 4 is 0 Å². The van der Waals surface area contributed by atoms with Crippen molar-refractivity contribution in [2.24, 2.45) is 0 Å². The number of aromatic hydroxyl groups is 1. The van der Waals surface area contributed by atoms with Gasteiger partial charge >= 0.3 is 11.9 Å². The van der Waals surface area contributed by atoms with Crippen LogP contribution in [0.1, 0.15) is 47.3 Å². The van der Waals surface area contributed by atoms with E-state index in [0.717, 1.165) is 23.3 Å². The molecule has 0 spiro atoms. The second-order valence-corrected chi connectivity index (χ2v) is 6.96. The number of ether oxygens (including phenoxy) is 1. The fraction of sp³-hybridized carbons (Fsp3) is 0.286. The van der Waals surface area contributed by atoms with Gasteiger partial charge in [-0.3, -0.25) is 4.98 Å². The first-order chi connectivity index (χ1) is 13.8. The first kappa shape index (κ1) is 19.2. The van der Waals surface area contributed by atoms with Crippen LogP contribution in [0, 0.1) is 0 Å². The standard InChI is InChI=1S/C21H18F3NO4/c1-2-11-9-13(21(22,23)24)4-8-17(11)28-14-5-7-15-12(10-14)3-6-16(15)18-19(26)25-20(27)29-18/h4-5,7-10,16,26H,2-3,6H2,1H3,(H,25,27)/t16-/m1/s1. The molecule has 1 heterocycles. The van der Waals surface area contributed by atoms with Crippen molar-refractivity contribution in [3.8, 4) is 17.4 Å². The van der Waals surface area contributed by atoms with Crippen molar-refractivity contribution in [1.29, 1.82) is 0 Å². The van der Waals surface area contributed by atoms with Crippen LogP contribution in [-0.4, -0.2) is 10.1 Å². The maximum absolute atomic E-state index is 12.9. The topological polar surface area (TPSA) is 75.5 Å². The highest BCUT2D eigenvalue weighted by molar-refractivity contribution is 5.47. The number of aromatic nitrogens is 1. The first-order valence-electron chi connectivity index (χ1n) is 9.19. The van der Waals surface area contributed by atoms with E-state index in [1.54, 1.807) is 13.0 Å². The molecule has 1 aliphatic rings. The quantitative estimate of drug-likeness (QED) is 0.631. The van der Waals surface area contributed by atoms with Gasteiger partial charge in [0.2, 0.25) is 5.88 Å². The zero-order valence-corrected chi connectivity index (χ0v) is 15.5. The van der Waals surface area contributed by atoms with Crippen LogP contribution in [0.15, 0.2) is 45.6 Å². The number of H-pyrrole nitrogens is 1. The SMILES string of the molecule is CCc1cc(C(F)(F)F)ccc1Oc1ccc2c(c1)CC[C@H]2c1oc(=O)[nH]c1O. The largest absolute Gasteiger partial charge is 0.492 e. The highest BCUT2D eigenvalue weighted by Gasteiger charge is 2.32. The molecule has 2 aromatic carbocycles. The van der Waals surface area contributed by atoms with Gasteiger partial charge in [-0.1, -0.05) is 13.0 Å². The molecular formula is C21H18F3NO4. The van der Waals surface area contributed by atoms with E-state index in [-0.39, 0.29) is 17.6 Å². The normalized spacial score (nSPS) is 16.1. The van der Waals surface area contributed by atoms with Crippen molar-refractivity contribution in [3.63, 3.8) is 0 Å². The van der Waals surface area contributed by atoms with Gasteiger partial charge in [-0.15, -0.1) is 0 Å². The van der Waals surface area contributed by atoms with Crippen LogP contribution >= 0.6 is 0 Å². The molecule has 5 nitrogen and oxygen atoms in total. The Kier molecular flexibility index (Phi) is 4.64. The van der Waals surface area contributed by atoms with E-state index in [1.807, 2.05) is 12.1 Å². The van der Waals surface area contributed by atoms with Crippen molar-refractivity contribution < 1.29 is 27.4 Å². The predicted molar refractivity (Wildman–Crippen MR) is 98.5 cm³/mol. The zero-order valence-electron chi connectivity index (χ0n) is 15.5. The highest BCUT2D eigenvalue weighted by Crippen LogP contribution is 2.42. The number of oxazole rings is 1. The van der Waals surface area contributed by atoms with Gasteiger partial charge in [-0.25, -0.2) is 4.79 Å². The van der Waals surface area contributed by atoms with Gasteiger partial charge in [0.05, 0.1) is 5.56 Å². The van der Waals surface area contributed by atoms with Crippen molar-refractivity contribution in [3.05, 3.63) is 75.0 Å². The molecule has 0 fully saturated rings. The molecule has 1 aliphatic carbocycles. The number of aromatic amines is 1. The van der Waals surface area contributed by atoms with Crippen LogP contribution in [0.4, 0.5) is 13.2 Å². The summed E-state index contributed by atoms with van der Waals surface area (Å²) in [4.78, 5) is 13.5. The van der Waals surface area contributed by atoms with Gasteiger partial charge in [-0.2, -0.15) is 13.2 Å². The van der Waals surface area contributed by atoms with E-state index in [0.29, 0.717) is 36.3 Å². The molecule has 1 aromatic heterocycles. The molecule has 0 saturated heterocycles. The van der Waals surface area contributed by atoms with E-state index in [4.69, 9.17) is 9.15 Å². The average molecular weight is 405 g/mol. The third-order valence-corrected chi connectivity index (χ3v) is 5.16. The lowest BCUT2D eigenvalue weighted by Crippen LogP contribution is -2.06. The molecule has 2 N–H and O–H groups in total. The summed E-state index contributed by atoms with van der Waals surface area (Å²) in [6.45, 7) is 1.77. The number of aryl methyl sites for hydroxylation is 2. The minimum absolute atomic E-state index is 0.207. The summed E-state index contributed by atoms with van der Waals surface area (Å²) in [6, 6.07) is 8.82. The smallest absolute Gasteiger partial charge is 0.419 e. The predicted octanol–water partition coefficient (Wildman–Crippen LogP) is 5.13. The van der Waals surface area contributed by atoms with E-state index in [2.05, 4.69) is 4.98 Å². The Morgan fingerprint density at radius 3 is 2.69 bits per heavy atom. The van der Waals surface area contributed by atoms with Crippen LogP contribution in [0.3, 0.4) is 0 Å². The van der Waals surface area contributed by atoms with Crippen LogP contribution in [0.5, 0.6) is 17.4 Å². The first-order valence-corrected chi connectivity index (χ1v) is 9.19. The van der Waals surface area contributed by atoms with Gasteiger partial charge in [-0.05, 0) is 66.3 Å². The minimum atomic E-state index is -4.40. The number of fused-ring (bicyclic) bond motifs is 1. The van der Waals surface area contributed by atoms with Crippen LogP contribution in [0.2, 0.25) is 0 Å². The summed E-state index contributed by atoms with van der Waals surface area (Å²) in [5.74, 6) is -0.123. The van der Waals surface area contributed by atoms with Gasteiger partial charge < -0.3 is 14.3 Å². The molecule has 0 radical (unpaired) electrons. The van der Waals surface area contributed by atoms with Crippen LogP contribution < -0.4 is 10.5 Å². The lowest BCUT2D eigenvalue weighted by molar-refractivity contribution is -0.137. The number of halogens is 3. The van der Waals surface area contributed by atoms with Crippen molar-refractivity contribution in [2.75, 3.05) is 0 Å². The Labute approximate surface area is 163 Å². The third kappa shape index (κ3) is 3.62. The third-order valence-electron chi connectivity index (χ3n) is 5.16. The second-order valence-electron chi connectivity index (χ2n) is 6.96. The van der Waals surface area contributed by atoms with E-state index in [9.17, 15) is 23.1 Å². The van der Waals surface area contributed by atoms with Crippen LogP contribution in [-0.2, 0) is 19.0 Å². The summed E-state index contributed by atoms with van der Waals surface area (Å²) in [6.07, 6.45) is -2.64. The molecule has 1 atom stereocenters. The van der Waals surface area contributed by atoms with Gasteiger partial charge in [0, 0.05) is 5.92 Å². The molecule has 4 rings (SSSR count). The fourth-order valence-electron chi connectivity index (χ4n) is 3.76. The van der Waals surface area contributed by atoms with E-state index >= 15 is 0 Å². The summed E-state index contributed by atoms with van der Waals surface area (Å²) < 4.78 is 49.7. The number of nitrogens with one attached hydrogen (secondary N) is 1. The maximum atomic E-state index is 12.9. The minimum Gasteiger partial charge on any atom is -0.492 e. The van der Waals surface area contributed by atoms with E-state index < -0.39 is 17.5 Å². The Morgan fingerprint density at radius 2 is 2.03 bits per heavy atom. The Bertz CT molecular complexity index is 1110. The number of alkyl halides is 3. The van der Waals surface area contributed by atoms with Gasteiger partial charge in [0.15, 0.2) is 5.76 Å². The van der Waals surface area contributed by atoms with Gasteiger partial charge in [0.25, 0.3) is 0 Å². The lowest BCUT2D eigenvalue weighted by Gasteiger charge is -2.14. The molecule has 0 aliphatic heterocycles.